The topological polar surface area (TPSA) is 3.24 Å². The van der Waals surface area contributed by atoms with Gasteiger partial charge in [-0.3, -0.25) is 0 Å². The number of rotatable bonds is 0. The molecular weight excluding hydrogens is 55.8 g/mol. The second kappa shape index (κ2) is 4.62. The van der Waals surface area contributed by atoms with Gasteiger partial charge in [0.25, 0.3) is 0 Å². The van der Waals surface area contributed by atoms with Crippen molar-refractivity contribution >= 4 is 7.98 Å². The van der Waals surface area contributed by atoms with E-state index < -0.39 is 0 Å². The maximum atomic E-state index is 4.94. The van der Waals surface area contributed by atoms with Crippen molar-refractivity contribution in [3.05, 3.63) is 0 Å². The van der Waals surface area contributed by atoms with Crippen LogP contribution >= 0.6 is 0 Å². The van der Waals surface area contributed by atoms with Crippen LogP contribution in [-0.2, 0) is 0 Å². The Morgan fingerprint density at radius 1 is 1.60 bits per heavy atom. The summed E-state index contributed by atoms with van der Waals surface area (Å²) in [5.41, 5.74) is 0. The van der Waals surface area contributed by atoms with E-state index in [-0.39, 0.29) is 20.3 Å². The van der Waals surface area contributed by atoms with Gasteiger partial charge in [0.1, 0.15) is 0 Å². The summed E-state index contributed by atoms with van der Waals surface area (Å²) in [7, 11) is 8.50. The van der Waals surface area contributed by atoms with Gasteiger partial charge in [-0.2, -0.15) is 0 Å². The van der Waals surface area contributed by atoms with E-state index in [9.17, 15) is 0 Å². The first-order chi connectivity index (χ1) is 1.73. The molecule has 0 bridgehead atoms. The Hall–Kier alpha value is 0.622. The first-order valence-electron chi connectivity index (χ1n) is 1.15. The van der Waals surface area contributed by atoms with Gasteiger partial charge in [0.05, 0.1) is 0 Å². The molecule has 0 heterocycles. The predicted molar refractivity (Wildman–Crippen MR) is 20.6 cm³/mol. The Balaban J connectivity index is -0.0000000450. The fourth-order valence-electron chi connectivity index (χ4n) is 0. The smallest absolute Gasteiger partial charge is 1.00 e. The van der Waals surface area contributed by atoms with Gasteiger partial charge < -0.3 is 6.24 Å². The van der Waals surface area contributed by atoms with Crippen molar-refractivity contribution in [2.75, 3.05) is 14.1 Å². The van der Waals surface area contributed by atoms with Crippen LogP contribution in [0, 0.1) is 0 Å². The van der Waals surface area contributed by atoms with E-state index in [1.165, 1.54) is 4.81 Å². The molecule has 0 aliphatic heterocycles. The second-order valence-corrected chi connectivity index (χ2v) is 0.964. The van der Waals surface area contributed by atoms with Crippen molar-refractivity contribution in [2.24, 2.45) is 0 Å². The summed E-state index contributed by atoms with van der Waals surface area (Å²) in [6.45, 7) is 0. The van der Waals surface area contributed by atoms with Crippen molar-refractivity contribution in [3.63, 3.8) is 0 Å². The number of hydrogen-bond donors (Lipinski definition) is 0. The predicted octanol–water partition coefficient (Wildman–Crippen LogP) is -3.25. The summed E-state index contributed by atoms with van der Waals surface area (Å²) in [6, 6.07) is 0. The quantitative estimate of drug-likeness (QED) is 0.267. The first-order valence-corrected chi connectivity index (χ1v) is 1.15. The minimum Gasteiger partial charge on any atom is -1.00 e. The Bertz CT molecular complexity index is 18.3. The molecule has 2 radical (unpaired) electrons. The number of nitrogens with zero attached hydrogens (tertiary/aromatic N) is 1. The molecule has 0 unspecified atom stereocenters. The van der Waals surface area contributed by atoms with Crippen molar-refractivity contribution in [3.8, 4) is 0 Å². The standard InChI is InChI=1S/C2H6BN.Li.H/c1-4(2)3;;/h1-2H3;;/q;+1;-1. The largest absolute Gasteiger partial charge is 1.00 e. The van der Waals surface area contributed by atoms with Gasteiger partial charge in [0, 0.05) is 0 Å². The van der Waals surface area contributed by atoms with Gasteiger partial charge in [-0.15, -0.1) is 0 Å². The van der Waals surface area contributed by atoms with Crippen LogP contribution in [0.2, 0.25) is 0 Å². The van der Waals surface area contributed by atoms with Crippen molar-refractivity contribution < 1.29 is 20.3 Å². The molecule has 0 aromatic heterocycles. The third-order valence-corrected chi connectivity index (χ3v) is 0. The maximum Gasteiger partial charge on any atom is 1.00 e. The Morgan fingerprint density at radius 2 is 1.60 bits per heavy atom. The van der Waals surface area contributed by atoms with Gasteiger partial charge >= 0.3 is 18.9 Å². The molecule has 0 aromatic rings. The fraction of sp³-hybridized carbons (Fsp3) is 1.00. The minimum absolute atomic E-state index is 0. The summed E-state index contributed by atoms with van der Waals surface area (Å²) in [6.07, 6.45) is 0. The third-order valence-electron chi connectivity index (χ3n) is 0. The first kappa shape index (κ1) is 9.16. The molecule has 5 heavy (non-hydrogen) atoms. The van der Waals surface area contributed by atoms with Crippen LogP contribution < -0.4 is 18.9 Å². The van der Waals surface area contributed by atoms with Gasteiger partial charge in [0.2, 0.25) is 0 Å². The summed E-state index contributed by atoms with van der Waals surface area (Å²) < 4.78 is 0. The SMILES string of the molecule is [B]N(C)C.[H-].[Li+]. The van der Waals surface area contributed by atoms with Crippen LogP contribution in [0.25, 0.3) is 0 Å². The summed E-state index contributed by atoms with van der Waals surface area (Å²) in [5, 5.41) is 0. The number of hydrogen-bond acceptors (Lipinski definition) is 1. The van der Waals surface area contributed by atoms with E-state index >= 15 is 0 Å². The summed E-state index contributed by atoms with van der Waals surface area (Å²) in [4.78, 5) is 1.50. The molecule has 0 rings (SSSR count). The van der Waals surface area contributed by atoms with Crippen LogP contribution in [0.4, 0.5) is 0 Å². The summed E-state index contributed by atoms with van der Waals surface area (Å²) in [5.74, 6) is 0. The molecule has 0 amide bonds. The average molecular weight is 62.8 g/mol. The van der Waals surface area contributed by atoms with Crippen LogP contribution in [0.3, 0.4) is 0 Å². The molecule has 24 valence electrons. The molecular formula is C2H7BLiN. The van der Waals surface area contributed by atoms with Gasteiger partial charge in [-0.25, -0.2) is 0 Å². The van der Waals surface area contributed by atoms with Crippen molar-refractivity contribution in [1.82, 2.24) is 4.81 Å². The Labute approximate surface area is 47.8 Å². The fourth-order valence-corrected chi connectivity index (χ4v) is 0. The van der Waals surface area contributed by atoms with Crippen molar-refractivity contribution in [2.45, 2.75) is 0 Å². The van der Waals surface area contributed by atoms with E-state index in [1.54, 1.807) is 14.1 Å². The van der Waals surface area contributed by atoms with E-state index in [0.29, 0.717) is 0 Å². The molecule has 0 aliphatic carbocycles. The molecule has 0 saturated carbocycles. The third kappa shape index (κ3) is 82.1. The average Bonchev–Trinajstić information content (AvgIpc) is 0.811. The summed E-state index contributed by atoms with van der Waals surface area (Å²) >= 11 is 0. The van der Waals surface area contributed by atoms with E-state index in [2.05, 4.69) is 0 Å². The van der Waals surface area contributed by atoms with Gasteiger partial charge in [-0.1, -0.05) is 0 Å². The molecule has 0 fully saturated rings. The van der Waals surface area contributed by atoms with Crippen LogP contribution in [0.1, 0.15) is 1.43 Å². The van der Waals surface area contributed by atoms with Gasteiger partial charge in [-0.05, 0) is 14.1 Å². The molecule has 0 saturated heterocycles. The normalized spacial score (nSPS) is 7.00. The van der Waals surface area contributed by atoms with E-state index in [4.69, 9.17) is 7.98 Å². The van der Waals surface area contributed by atoms with Crippen molar-refractivity contribution in [1.29, 1.82) is 0 Å². The van der Waals surface area contributed by atoms with Crippen LogP contribution in [0.15, 0.2) is 0 Å². The molecule has 3 heteroatoms. The zero-order valence-corrected chi connectivity index (χ0v) is 4.02. The zero-order valence-electron chi connectivity index (χ0n) is 5.02. The molecule has 0 spiro atoms. The molecule has 0 N–H and O–H groups in total. The zero-order chi connectivity index (χ0) is 3.58. The van der Waals surface area contributed by atoms with E-state index in [0.717, 1.165) is 0 Å². The van der Waals surface area contributed by atoms with Crippen LogP contribution in [0.5, 0.6) is 0 Å². The molecule has 0 aromatic carbocycles. The second-order valence-electron chi connectivity index (χ2n) is 0.964. The monoisotopic (exact) mass is 63.1 g/mol. The van der Waals surface area contributed by atoms with E-state index in [1.807, 2.05) is 0 Å². The minimum atomic E-state index is 0. The molecule has 1 nitrogen and oxygen atoms in total. The molecule has 0 aliphatic rings. The van der Waals surface area contributed by atoms with Gasteiger partial charge in [0.15, 0.2) is 7.98 Å². The van der Waals surface area contributed by atoms with Crippen LogP contribution in [-0.4, -0.2) is 26.9 Å². The maximum absolute atomic E-state index is 4.94. The Kier molecular flexibility index (Phi) is 8.46. The Morgan fingerprint density at radius 3 is 1.60 bits per heavy atom. The molecule has 0 atom stereocenters.